The Kier molecular flexibility index (Phi) is 4.38. The molecule has 1 heterocycles. The molecule has 2 unspecified atom stereocenters. The van der Waals surface area contributed by atoms with Crippen LogP contribution in [0, 0.1) is 11.3 Å². The van der Waals surface area contributed by atoms with Crippen LogP contribution in [-0.2, 0) is 4.74 Å². The molecule has 1 aromatic rings. The van der Waals surface area contributed by atoms with Crippen molar-refractivity contribution < 1.29 is 4.74 Å². The molecule has 1 aliphatic rings. The summed E-state index contributed by atoms with van der Waals surface area (Å²) in [4.78, 5) is 2.22. The summed E-state index contributed by atoms with van der Waals surface area (Å²) in [6.07, 6.45) is 0. The van der Waals surface area contributed by atoms with Crippen LogP contribution in [0.1, 0.15) is 11.6 Å². The number of ether oxygens (including phenoxy) is 1. The van der Waals surface area contributed by atoms with Crippen molar-refractivity contribution in [3.8, 4) is 6.07 Å². The fourth-order valence-electron chi connectivity index (χ4n) is 2.14. The molecular formula is C13H15ClN2O. The Bertz CT molecular complexity index is 384. The summed E-state index contributed by atoms with van der Waals surface area (Å²) in [7, 11) is 0. The maximum Gasteiger partial charge on any atom is 0.140 e. The monoisotopic (exact) mass is 250 g/mol. The Morgan fingerprint density at radius 1 is 1.24 bits per heavy atom. The molecule has 0 aliphatic carbocycles. The van der Waals surface area contributed by atoms with E-state index in [0.717, 1.165) is 18.7 Å². The number of hydrogen-bond acceptors (Lipinski definition) is 3. The molecule has 0 saturated carbocycles. The van der Waals surface area contributed by atoms with Gasteiger partial charge in [-0.15, -0.1) is 11.6 Å². The lowest BCUT2D eigenvalue weighted by Crippen LogP contribution is -2.42. The Balaban J connectivity index is 2.22. The maximum atomic E-state index is 9.06. The minimum absolute atomic E-state index is 0.0493. The van der Waals surface area contributed by atoms with Gasteiger partial charge in [-0.1, -0.05) is 30.3 Å². The van der Waals surface area contributed by atoms with Crippen molar-refractivity contribution in [1.82, 2.24) is 4.90 Å². The van der Waals surface area contributed by atoms with Gasteiger partial charge in [0.2, 0.25) is 0 Å². The van der Waals surface area contributed by atoms with Gasteiger partial charge in [-0.2, -0.15) is 5.26 Å². The van der Waals surface area contributed by atoms with E-state index in [1.165, 1.54) is 0 Å². The number of nitrogens with zero attached hydrogens (tertiary/aromatic N) is 2. The molecule has 1 aliphatic heterocycles. The van der Waals surface area contributed by atoms with Crippen LogP contribution < -0.4 is 0 Å². The van der Waals surface area contributed by atoms with Gasteiger partial charge in [-0.05, 0) is 5.56 Å². The predicted molar refractivity (Wildman–Crippen MR) is 66.8 cm³/mol. The smallest absolute Gasteiger partial charge is 0.140 e. The van der Waals surface area contributed by atoms with E-state index in [1.54, 1.807) is 0 Å². The fraction of sp³-hybridized carbons (Fsp3) is 0.462. The first-order valence-corrected chi connectivity index (χ1v) is 6.17. The van der Waals surface area contributed by atoms with Crippen LogP contribution in [0.15, 0.2) is 30.3 Å². The molecule has 2 rings (SSSR count). The standard InChI is InChI=1S/C13H15ClN2O/c14-12(10-15)13(11-4-2-1-3-5-11)16-6-8-17-9-7-16/h1-5,12-13H,6-9H2. The molecule has 0 aromatic heterocycles. The van der Waals surface area contributed by atoms with Crippen LogP contribution in [0.5, 0.6) is 0 Å². The van der Waals surface area contributed by atoms with Crippen molar-refractivity contribution in [1.29, 1.82) is 5.26 Å². The van der Waals surface area contributed by atoms with Gasteiger partial charge >= 0.3 is 0 Å². The third kappa shape index (κ3) is 2.98. The summed E-state index contributed by atoms with van der Waals surface area (Å²) in [6, 6.07) is 12.1. The first-order valence-electron chi connectivity index (χ1n) is 5.73. The molecule has 3 nitrogen and oxygen atoms in total. The number of hydrogen-bond donors (Lipinski definition) is 0. The lowest BCUT2D eigenvalue weighted by Gasteiger charge is -2.35. The van der Waals surface area contributed by atoms with Gasteiger partial charge in [0.15, 0.2) is 0 Å². The number of nitriles is 1. The number of alkyl halides is 1. The minimum atomic E-state index is -0.532. The van der Waals surface area contributed by atoms with Crippen LogP contribution in [0.2, 0.25) is 0 Å². The highest BCUT2D eigenvalue weighted by atomic mass is 35.5. The molecular weight excluding hydrogens is 236 g/mol. The van der Waals surface area contributed by atoms with Crippen LogP contribution in [-0.4, -0.2) is 36.6 Å². The van der Waals surface area contributed by atoms with E-state index >= 15 is 0 Å². The van der Waals surface area contributed by atoms with Gasteiger partial charge in [-0.25, -0.2) is 0 Å². The molecule has 0 amide bonds. The number of halogens is 1. The molecule has 0 bridgehead atoms. The van der Waals surface area contributed by atoms with E-state index in [2.05, 4.69) is 11.0 Å². The number of morpholine rings is 1. The zero-order valence-electron chi connectivity index (χ0n) is 9.55. The highest BCUT2D eigenvalue weighted by Crippen LogP contribution is 2.28. The normalized spacial score (nSPS) is 20.5. The van der Waals surface area contributed by atoms with E-state index in [9.17, 15) is 0 Å². The molecule has 0 spiro atoms. The molecule has 90 valence electrons. The second-order valence-electron chi connectivity index (χ2n) is 4.03. The summed E-state index contributed by atoms with van der Waals surface area (Å²) in [5.74, 6) is 0. The number of rotatable bonds is 3. The molecule has 17 heavy (non-hydrogen) atoms. The van der Waals surface area contributed by atoms with E-state index in [1.807, 2.05) is 30.3 Å². The van der Waals surface area contributed by atoms with Gasteiger partial charge < -0.3 is 4.74 Å². The minimum Gasteiger partial charge on any atom is -0.379 e. The van der Waals surface area contributed by atoms with Gasteiger partial charge in [0.1, 0.15) is 5.38 Å². The molecule has 1 aromatic carbocycles. The Hall–Kier alpha value is -1.08. The summed E-state index contributed by atoms with van der Waals surface area (Å²) >= 11 is 6.16. The zero-order valence-corrected chi connectivity index (χ0v) is 10.3. The van der Waals surface area contributed by atoms with E-state index < -0.39 is 5.38 Å². The molecule has 1 saturated heterocycles. The summed E-state index contributed by atoms with van der Waals surface area (Å²) in [5.41, 5.74) is 1.09. The molecule has 0 radical (unpaired) electrons. The zero-order chi connectivity index (χ0) is 12.1. The summed E-state index contributed by atoms with van der Waals surface area (Å²) in [5, 5.41) is 8.53. The van der Waals surface area contributed by atoms with Crippen LogP contribution in [0.4, 0.5) is 0 Å². The predicted octanol–water partition coefficient (Wildman–Crippen LogP) is 2.19. The summed E-state index contributed by atoms with van der Waals surface area (Å²) < 4.78 is 5.33. The first-order chi connectivity index (χ1) is 8.33. The van der Waals surface area contributed by atoms with Gasteiger partial charge in [0.25, 0.3) is 0 Å². The van der Waals surface area contributed by atoms with Crippen molar-refractivity contribution in [2.24, 2.45) is 0 Å². The third-order valence-electron chi connectivity index (χ3n) is 2.98. The highest BCUT2D eigenvalue weighted by molar-refractivity contribution is 6.22. The van der Waals surface area contributed by atoms with Crippen molar-refractivity contribution >= 4 is 11.6 Å². The van der Waals surface area contributed by atoms with Crippen LogP contribution >= 0.6 is 11.6 Å². The van der Waals surface area contributed by atoms with Crippen molar-refractivity contribution in [3.05, 3.63) is 35.9 Å². The second kappa shape index (κ2) is 6.02. The van der Waals surface area contributed by atoms with Crippen LogP contribution in [0.25, 0.3) is 0 Å². The molecule has 2 atom stereocenters. The van der Waals surface area contributed by atoms with E-state index in [0.29, 0.717) is 13.2 Å². The Labute approximate surface area is 107 Å². The van der Waals surface area contributed by atoms with E-state index in [4.69, 9.17) is 21.6 Å². The largest absolute Gasteiger partial charge is 0.379 e. The third-order valence-corrected chi connectivity index (χ3v) is 3.32. The maximum absolute atomic E-state index is 9.06. The molecule has 1 fully saturated rings. The Morgan fingerprint density at radius 3 is 2.47 bits per heavy atom. The highest BCUT2D eigenvalue weighted by Gasteiger charge is 2.28. The number of benzene rings is 1. The first kappa shape index (κ1) is 12.4. The molecule has 4 heteroatoms. The fourth-order valence-corrected chi connectivity index (χ4v) is 2.45. The second-order valence-corrected chi connectivity index (χ2v) is 4.50. The summed E-state index contributed by atoms with van der Waals surface area (Å²) in [6.45, 7) is 3.06. The van der Waals surface area contributed by atoms with Gasteiger partial charge in [-0.3, -0.25) is 4.90 Å². The topological polar surface area (TPSA) is 36.3 Å². The van der Waals surface area contributed by atoms with Gasteiger partial charge in [0, 0.05) is 13.1 Å². The van der Waals surface area contributed by atoms with Crippen molar-refractivity contribution in [2.45, 2.75) is 11.4 Å². The van der Waals surface area contributed by atoms with Gasteiger partial charge in [0.05, 0.1) is 25.3 Å². The van der Waals surface area contributed by atoms with E-state index in [-0.39, 0.29) is 6.04 Å². The van der Waals surface area contributed by atoms with Crippen LogP contribution in [0.3, 0.4) is 0 Å². The quantitative estimate of drug-likeness (QED) is 0.772. The SMILES string of the molecule is N#CC(Cl)C(c1ccccc1)N1CCOCC1. The van der Waals surface area contributed by atoms with Crippen molar-refractivity contribution in [2.75, 3.05) is 26.3 Å². The molecule has 0 N–H and O–H groups in total. The lowest BCUT2D eigenvalue weighted by atomic mass is 10.0. The Morgan fingerprint density at radius 2 is 1.88 bits per heavy atom. The average Bonchev–Trinajstić information content (AvgIpc) is 2.41. The lowest BCUT2D eigenvalue weighted by molar-refractivity contribution is 0.0176. The van der Waals surface area contributed by atoms with Crippen molar-refractivity contribution in [3.63, 3.8) is 0 Å². The average molecular weight is 251 g/mol.